The van der Waals surface area contributed by atoms with Crippen molar-refractivity contribution in [2.24, 2.45) is 0 Å². The fourth-order valence-electron chi connectivity index (χ4n) is 3.88. The Morgan fingerprint density at radius 1 is 1.27 bits per heavy atom. The van der Waals surface area contributed by atoms with Crippen molar-refractivity contribution in [3.8, 4) is 0 Å². The number of carbonyl (C=O) groups is 1. The van der Waals surface area contributed by atoms with Crippen LogP contribution < -0.4 is 5.56 Å². The Bertz CT molecular complexity index is 1410. The second-order valence-corrected chi connectivity index (χ2v) is 8.89. The van der Waals surface area contributed by atoms with Gasteiger partial charge in [0.15, 0.2) is 0 Å². The summed E-state index contributed by atoms with van der Waals surface area (Å²) in [5, 5.41) is 1.75. The van der Waals surface area contributed by atoms with Gasteiger partial charge in [-0.3, -0.25) is 9.36 Å². The van der Waals surface area contributed by atoms with Gasteiger partial charge in [0, 0.05) is 23.9 Å². The summed E-state index contributed by atoms with van der Waals surface area (Å²) in [5.41, 5.74) is 3.09. The van der Waals surface area contributed by atoms with Crippen LogP contribution in [0.2, 0.25) is 5.15 Å². The van der Waals surface area contributed by atoms with Crippen LogP contribution in [-0.2, 0) is 24.3 Å². The van der Waals surface area contributed by atoms with E-state index in [2.05, 4.69) is 9.97 Å². The summed E-state index contributed by atoms with van der Waals surface area (Å²) >= 11 is 7.51. The van der Waals surface area contributed by atoms with Crippen LogP contribution in [0, 0.1) is 13.8 Å². The maximum atomic E-state index is 12.8. The maximum absolute atomic E-state index is 12.8. The van der Waals surface area contributed by atoms with Gasteiger partial charge >= 0.3 is 5.97 Å². The molecule has 152 valence electrons. The molecule has 0 radical (unpaired) electrons. The lowest BCUT2D eigenvalue weighted by Crippen LogP contribution is -2.20. The molecule has 0 aliphatic carbocycles. The second kappa shape index (κ2) is 7.18. The van der Waals surface area contributed by atoms with Gasteiger partial charge in [-0.2, -0.15) is 0 Å². The second-order valence-electron chi connectivity index (χ2n) is 7.54. The van der Waals surface area contributed by atoms with Gasteiger partial charge in [-0.25, -0.2) is 14.8 Å². The largest absolute Gasteiger partial charge is 0.457 e. The Morgan fingerprint density at radius 3 is 2.93 bits per heavy atom. The number of thiophene rings is 1. The summed E-state index contributed by atoms with van der Waals surface area (Å²) in [5.74, 6) is 0.304. The number of hydrogen-bond donors (Lipinski definition) is 0. The summed E-state index contributed by atoms with van der Waals surface area (Å²) in [6, 6.07) is 7.80. The predicted octanol–water partition coefficient (Wildman–Crippen LogP) is 4.58. The third kappa shape index (κ3) is 3.09. The number of halogens is 1. The number of ether oxygens (including phenoxy) is 1. The van der Waals surface area contributed by atoms with Crippen molar-refractivity contribution in [2.45, 2.75) is 39.8 Å². The van der Waals surface area contributed by atoms with Crippen LogP contribution >= 0.6 is 22.9 Å². The van der Waals surface area contributed by atoms with Gasteiger partial charge in [0.1, 0.15) is 27.3 Å². The molecule has 4 heterocycles. The van der Waals surface area contributed by atoms with Crippen molar-refractivity contribution in [3.05, 3.63) is 67.2 Å². The lowest BCUT2D eigenvalue weighted by atomic mass is 10.1. The summed E-state index contributed by atoms with van der Waals surface area (Å²) in [6.07, 6.45) is 1.71. The first-order valence-corrected chi connectivity index (χ1v) is 10.9. The molecule has 0 saturated heterocycles. The van der Waals surface area contributed by atoms with Gasteiger partial charge in [0.2, 0.25) is 0 Å². The topological polar surface area (TPSA) is 74.1 Å². The van der Waals surface area contributed by atoms with Gasteiger partial charge < -0.3 is 4.74 Å². The molecule has 4 aromatic rings. The van der Waals surface area contributed by atoms with Crippen LogP contribution in [0.1, 0.15) is 38.6 Å². The Hall–Kier alpha value is -2.77. The third-order valence-corrected chi connectivity index (χ3v) is 6.95. The minimum absolute atomic E-state index is 0.00504. The quantitative estimate of drug-likeness (QED) is 0.345. The normalized spacial score (nSPS) is 13.2. The number of fused-ring (bicyclic) bond motifs is 3. The zero-order valence-electron chi connectivity index (χ0n) is 16.5. The molecule has 0 unspecified atom stereocenters. The molecule has 5 rings (SSSR count). The van der Waals surface area contributed by atoms with E-state index in [0.29, 0.717) is 37.9 Å². The number of carbonyl (C=O) groups excluding carboxylic acids is 1. The fourth-order valence-corrected chi connectivity index (χ4v) is 5.16. The average molecular weight is 440 g/mol. The Kier molecular flexibility index (Phi) is 4.60. The molecule has 1 aliphatic rings. The summed E-state index contributed by atoms with van der Waals surface area (Å²) < 4.78 is 7.24. The van der Waals surface area contributed by atoms with E-state index < -0.39 is 5.97 Å². The molecule has 0 bridgehead atoms. The van der Waals surface area contributed by atoms with Crippen molar-refractivity contribution in [1.82, 2.24) is 14.5 Å². The van der Waals surface area contributed by atoms with Crippen molar-refractivity contribution in [2.75, 3.05) is 0 Å². The number of hydrogen-bond acceptors (Lipinski definition) is 6. The maximum Gasteiger partial charge on any atom is 0.349 e. The molecule has 8 heteroatoms. The molecule has 0 atom stereocenters. The van der Waals surface area contributed by atoms with Crippen LogP contribution in [-0.4, -0.2) is 20.5 Å². The number of aromatic nitrogens is 3. The van der Waals surface area contributed by atoms with Crippen LogP contribution in [0.4, 0.5) is 0 Å². The number of benzene rings is 1. The van der Waals surface area contributed by atoms with E-state index in [9.17, 15) is 9.59 Å². The van der Waals surface area contributed by atoms with E-state index in [4.69, 9.17) is 16.3 Å². The molecule has 0 fully saturated rings. The molecule has 1 aliphatic heterocycles. The first-order chi connectivity index (χ1) is 14.4. The van der Waals surface area contributed by atoms with Gasteiger partial charge in [-0.15, -0.1) is 11.3 Å². The van der Waals surface area contributed by atoms with E-state index >= 15 is 0 Å². The van der Waals surface area contributed by atoms with Gasteiger partial charge in [0.05, 0.1) is 10.9 Å². The summed E-state index contributed by atoms with van der Waals surface area (Å²) in [6.45, 7) is 4.45. The number of esters is 1. The van der Waals surface area contributed by atoms with Crippen molar-refractivity contribution >= 4 is 50.0 Å². The van der Waals surface area contributed by atoms with E-state index in [0.717, 1.165) is 35.1 Å². The molecular formula is C22H18ClN3O3S. The predicted molar refractivity (Wildman–Crippen MR) is 118 cm³/mol. The van der Waals surface area contributed by atoms with E-state index in [-0.39, 0.29) is 12.2 Å². The smallest absolute Gasteiger partial charge is 0.349 e. The highest BCUT2D eigenvalue weighted by Gasteiger charge is 2.24. The van der Waals surface area contributed by atoms with Gasteiger partial charge in [0.25, 0.3) is 5.56 Å². The van der Waals surface area contributed by atoms with Gasteiger partial charge in [-0.05, 0) is 43.5 Å². The van der Waals surface area contributed by atoms with Crippen LogP contribution in [0.15, 0.2) is 29.1 Å². The van der Waals surface area contributed by atoms with Crippen LogP contribution in [0.25, 0.3) is 21.1 Å². The lowest BCUT2D eigenvalue weighted by molar-refractivity contribution is 0.0478. The number of rotatable bonds is 3. The first kappa shape index (κ1) is 19.2. The number of nitrogens with zero attached hydrogens (tertiary/aromatic N) is 3. The van der Waals surface area contributed by atoms with E-state index in [1.54, 1.807) is 11.5 Å². The molecular weight excluding hydrogens is 422 g/mol. The number of pyridine rings is 1. The van der Waals surface area contributed by atoms with Crippen LogP contribution in [0.3, 0.4) is 0 Å². The van der Waals surface area contributed by atoms with Crippen molar-refractivity contribution in [3.63, 3.8) is 0 Å². The Balaban J connectivity index is 1.44. The molecule has 6 nitrogen and oxygen atoms in total. The monoisotopic (exact) mass is 439 g/mol. The molecule has 0 amide bonds. The lowest BCUT2D eigenvalue weighted by Gasteiger charge is -2.08. The summed E-state index contributed by atoms with van der Waals surface area (Å²) in [4.78, 5) is 35.6. The zero-order valence-corrected chi connectivity index (χ0v) is 18.1. The molecule has 0 N–H and O–H groups in total. The standard InChI is InChI=1S/C22H18ClN3O3S/c1-11-5-6-13-9-14(19(23)24-15(13)8-11)10-29-22(28)18-12(2)17-20(30-18)25-16-4-3-7-26(16)21(17)27/h5-6,8-9H,3-4,7,10H2,1-2H3. The average Bonchev–Trinajstić information content (AvgIpc) is 3.31. The zero-order chi connectivity index (χ0) is 21.0. The highest BCUT2D eigenvalue weighted by atomic mass is 35.5. The van der Waals surface area contributed by atoms with Gasteiger partial charge in [-0.1, -0.05) is 23.7 Å². The molecule has 3 aromatic heterocycles. The highest BCUT2D eigenvalue weighted by Crippen LogP contribution is 2.30. The minimum atomic E-state index is -0.486. The van der Waals surface area contributed by atoms with E-state index in [1.807, 2.05) is 31.2 Å². The third-order valence-electron chi connectivity index (χ3n) is 5.45. The summed E-state index contributed by atoms with van der Waals surface area (Å²) in [7, 11) is 0. The van der Waals surface area contributed by atoms with E-state index in [1.165, 1.54) is 11.3 Å². The minimum Gasteiger partial charge on any atom is -0.457 e. The fraction of sp³-hybridized carbons (Fsp3) is 0.273. The Labute approximate surface area is 181 Å². The molecule has 30 heavy (non-hydrogen) atoms. The molecule has 0 spiro atoms. The van der Waals surface area contributed by atoms with Crippen molar-refractivity contribution in [1.29, 1.82) is 0 Å². The molecule has 1 aromatic carbocycles. The Morgan fingerprint density at radius 2 is 2.10 bits per heavy atom. The van der Waals surface area contributed by atoms with Crippen molar-refractivity contribution < 1.29 is 9.53 Å². The van der Waals surface area contributed by atoms with Crippen LogP contribution in [0.5, 0.6) is 0 Å². The molecule has 0 saturated carbocycles. The SMILES string of the molecule is Cc1ccc2cc(COC(=O)c3sc4nc5n(c(=O)c4c3C)CCC5)c(Cl)nc2c1. The first-order valence-electron chi connectivity index (χ1n) is 9.68. The number of aryl methyl sites for hydroxylation is 3. The highest BCUT2D eigenvalue weighted by molar-refractivity contribution is 7.20.